The summed E-state index contributed by atoms with van der Waals surface area (Å²) in [6, 6.07) is 9.56. The van der Waals surface area contributed by atoms with Crippen molar-refractivity contribution in [2.75, 3.05) is 19.8 Å². The van der Waals surface area contributed by atoms with Crippen LogP contribution in [0.3, 0.4) is 0 Å². The smallest absolute Gasteiger partial charge is 0.273 e. The number of nitrogens with zero attached hydrogens (tertiary/aromatic N) is 3. The van der Waals surface area contributed by atoms with Crippen LogP contribution >= 0.6 is 0 Å². The van der Waals surface area contributed by atoms with Gasteiger partial charge in [0.1, 0.15) is 0 Å². The van der Waals surface area contributed by atoms with Crippen LogP contribution in [0.1, 0.15) is 17.4 Å². The number of carbonyl (C=O) groups excluding carboxylic acids is 1. The Bertz CT molecular complexity index is 605. The molecule has 6 nitrogen and oxygen atoms in total. The number of para-hydroxylation sites is 1. The van der Waals surface area contributed by atoms with Crippen molar-refractivity contribution in [2.24, 2.45) is 5.41 Å². The molecule has 0 spiro atoms. The van der Waals surface area contributed by atoms with E-state index in [0.717, 1.165) is 5.69 Å². The van der Waals surface area contributed by atoms with Crippen LogP contribution in [0.5, 0.6) is 0 Å². The molecule has 0 saturated carbocycles. The Morgan fingerprint density at radius 1 is 1.40 bits per heavy atom. The Morgan fingerprint density at radius 3 is 2.80 bits per heavy atom. The molecule has 1 aliphatic rings. The number of benzene rings is 1. The quantitative estimate of drug-likeness (QED) is 0.902. The Morgan fingerprint density at radius 2 is 2.15 bits per heavy atom. The fraction of sp³-hybridized carbons (Fsp3) is 0.357. The number of ether oxygens (including phenoxy) is 1. The van der Waals surface area contributed by atoms with E-state index in [1.54, 1.807) is 10.9 Å². The number of amides is 1. The minimum absolute atomic E-state index is 0.0467. The molecule has 1 fully saturated rings. The fourth-order valence-corrected chi connectivity index (χ4v) is 2.01. The zero-order chi connectivity index (χ0) is 14.0. The summed E-state index contributed by atoms with van der Waals surface area (Å²) in [5, 5.41) is 10.7. The van der Waals surface area contributed by atoms with Crippen molar-refractivity contribution in [2.45, 2.75) is 6.92 Å². The molecule has 0 bridgehead atoms. The van der Waals surface area contributed by atoms with Crippen LogP contribution in [-0.4, -0.2) is 40.7 Å². The van der Waals surface area contributed by atoms with E-state index in [1.165, 1.54) is 0 Å². The zero-order valence-corrected chi connectivity index (χ0v) is 11.2. The number of rotatable bonds is 4. The van der Waals surface area contributed by atoms with Gasteiger partial charge < -0.3 is 10.1 Å². The molecule has 0 unspecified atom stereocenters. The van der Waals surface area contributed by atoms with Crippen LogP contribution in [0.15, 0.2) is 36.5 Å². The molecule has 1 amide bonds. The van der Waals surface area contributed by atoms with Gasteiger partial charge in [-0.05, 0) is 12.1 Å². The van der Waals surface area contributed by atoms with E-state index in [0.29, 0.717) is 25.5 Å². The second kappa shape index (κ2) is 5.05. The molecular formula is C14H16N4O2. The van der Waals surface area contributed by atoms with Crippen molar-refractivity contribution in [3.63, 3.8) is 0 Å². The van der Waals surface area contributed by atoms with Gasteiger partial charge >= 0.3 is 0 Å². The Labute approximate surface area is 116 Å². The van der Waals surface area contributed by atoms with Crippen LogP contribution in [0.2, 0.25) is 0 Å². The number of hydrogen-bond acceptors (Lipinski definition) is 4. The molecule has 1 N–H and O–H groups in total. The van der Waals surface area contributed by atoms with E-state index in [9.17, 15) is 4.79 Å². The highest BCUT2D eigenvalue weighted by atomic mass is 16.5. The van der Waals surface area contributed by atoms with Crippen molar-refractivity contribution in [3.05, 3.63) is 42.2 Å². The average Bonchev–Trinajstić information content (AvgIpc) is 2.93. The first-order valence-electron chi connectivity index (χ1n) is 6.50. The van der Waals surface area contributed by atoms with E-state index in [1.807, 2.05) is 30.3 Å². The third-order valence-corrected chi connectivity index (χ3v) is 3.32. The summed E-state index contributed by atoms with van der Waals surface area (Å²) in [4.78, 5) is 12.0. The maximum Gasteiger partial charge on any atom is 0.273 e. The summed E-state index contributed by atoms with van der Waals surface area (Å²) in [5.41, 5.74) is 1.24. The third kappa shape index (κ3) is 2.55. The molecule has 1 aromatic heterocycles. The molecule has 1 aliphatic heterocycles. The average molecular weight is 272 g/mol. The van der Waals surface area contributed by atoms with Gasteiger partial charge in [0.2, 0.25) is 0 Å². The van der Waals surface area contributed by atoms with Gasteiger partial charge in [-0.3, -0.25) is 4.79 Å². The van der Waals surface area contributed by atoms with Crippen LogP contribution in [0, 0.1) is 5.41 Å². The normalized spacial score (nSPS) is 16.4. The van der Waals surface area contributed by atoms with E-state index >= 15 is 0 Å². The summed E-state index contributed by atoms with van der Waals surface area (Å²) in [6.07, 6.45) is 1.63. The highest BCUT2D eigenvalue weighted by Gasteiger charge is 2.33. The largest absolute Gasteiger partial charge is 0.380 e. The standard InChI is InChI=1S/C14H16N4O2/c1-14(9-20-10-14)8-15-13(19)12-7-18(17-16-12)11-5-3-2-4-6-11/h2-7H,8-10H2,1H3,(H,15,19). The first kappa shape index (κ1) is 12.8. The molecule has 1 saturated heterocycles. The van der Waals surface area contributed by atoms with Gasteiger partial charge in [-0.2, -0.15) is 0 Å². The topological polar surface area (TPSA) is 69.0 Å². The molecule has 104 valence electrons. The first-order chi connectivity index (χ1) is 9.66. The van der Waals surface area contributed by atoms with Crippen molar-refractivity contribution in [1.82, 2.24) is 20.3 Å². The predicted octanol–water partition coefficient (Wildman–Crippen LogP) is 1.03. The predicted molar refractivity (Wildman–Crippen MR) is 72.6 cm³/mol. The van der Waals surface area contributed by atoms with Gasteiger partial charge in [-0.1, -0.05) is 30.3 Å². The third-order valence-electron chi connectivity index (χ3n) is 3.32. The molecule has 2 aromatic rings. The van der Waals surface area contributed by atoms with Gasteiger partial charge in [-0.15, -0.1) is 5.10 Å². The number of hydrogen-bond donors (Lipinski definition) is 1. The first-order valence-corrected chi connectivity index (χ1v) is 6.50. The number of carbonyl (C=O) groups is 1. The Balaban J connectivity index is 1.66. The summed E-state index contributed by atoms with van der Waals surface area (Å²) < 4.78 is 6.74. The monoisotopic (exact) mass is 272 g/mol. The number of nitrogens with one attached hydrogen (secondary N) is 1. The molecule has 6 heteroatoms. The van der Waals surface area contributed by atoms with Crippen LogP contribution < -0.4 is 5.32 Å². The van der Waals surface area contributed by atoms with E-state index in [4.69, 9.17) is 4.74 Å². The lowest BCUT2D eigenvalue weighted by molar-refractivity contribution is -0.0978. The van der Waals surface area contributed by atoms with Crippen molar-refractivity contribution < 1.29 is 9.53 Å². The summed E-state index contributed by atoms with van der Waals surface area (Å²) in [6.45, 7) is 4.04. The molecule has 0 aliphatic carbocycles. The van der Waals surface area contributed by atoms with Crippen molar-refractivity contribution in [1.29, 1.82) is 0 Å². The molecular weight excluding hydrogens is 256 g/mol. The lowest BCUT2D eigenvalue weighted by atomic mass is 9.89. The Kier molecular flexibility index (Phi) is 3.23. The minimum atomic E-state index is -0.208. The molecule has 3 rings (SSSR count). The second-order valence-corrected chi connectivity index (χ2v) is 5.37. The summed E-state index contributed by atoms with van der Waals surface area (Å²) >= 11 is 0. The fourth-order valence-electron chi connectivity index (χ4n) is 2.01. The van der Waals surface area contributed by atoms with Gasteiger partial charge in [-0.25, -0.2) is 4.68 Å². The van der Waals surface area contributed by atoms with Gasteiger partial charge in [0.05, 0.1) is 25.1 Å². The number of aromatic nitrogens is 3. The molecule has 0 radical (unpaired) electrons. The summed E-state index contributed by atoms with van der Waals surface area (Å²) in [7, 11) is 0. The van der Waals surface area contributed by atoms with Crippen molar-refractivity contribution in [3.8, 4) is 5.69 Å². The van der Waals surface area contributed by atoms with Gasteiger partial charge in [0, 0.05) is 12.0 Å². The second-order valence-electron chi connectivity index (χ2n) is 5.37. The SMILES string of the molecule is CC1(CNC(=O)c2cn(-c3ccccc3)nn2)COC1. The van der Waals surface area contributed by atoms with Crippen molar-refractivity contribution >= 4 is 5.91 Å². The maximum absolute atomic E-state index is 12.0. The molecule has 1 aromatic carbocycles. The highest BCUT2D eigenvalue weighted by Crippen LogP contribution is 2.25. The van der Waals surface area contributed by atoms with Crippen LogP contribution in [0.25, 0.3) is 5.69 Å². The zero-order valence-electron chi connectivity index (χ0n) is 11.2. The molecule has 0 atom stereocenters. The minimum Gasteiger partial charge on any atom is -0.380 e. The lowest BCUT2D eigenvalue weighted by Gasteiger charge is -2.37. The van der Waals surface area contributed by atoms with Crippen LogP contribution in [0.4, 0.5) is 0 Å². The van der Waals surface area contributed by atoms with Gasteiger partial charge in [0.15, 0.2) is 5.69 Å². The summed E-state index contributed by atoms with van der Waals surface area (Å²) in [5.74, 6) is -0.208. The van der Waals surface area contributed by atoms with Crippen LogP contribution in [-0.2, 0) is 4.74 Å². The molecule has 20 heavy (non-hydrogen) atoms. The maximum atomic E-state index is 12.0. The van der Waals surface area contributed by atoms with E-state index < -0.39 is 0 Å². The lowest BCUT2D eigenvalue weighted by Crippen LogP contribution is -2.48. The molecule has 2 heterocycles. The highest BCUT2D eigenvalue weighted by molar-refractivity contribution is 5.91. The Hall–Kier alpha value is -2.21. The van der Waals surface area contributed by atoms with Gasteiger partial charge in [0.25, 0.3) is 5.91 Å². The van der Waals surface area contributed by atoms with E-state index in [2.05, 4.69) is 22.6 Å². The van der Waals surface area contributed by atoms with E-state index in [-0.39, 0.29) is 11.3 Å².